The van der Waals surface area contributed by atoms with Crippen molar-refractivity contribution in [1.82, 2.24) is 10.2 Å². The van der Waals surface area contributed by atoms with Crippen molar-refractivity contribution in [3.63, 3.8) is 0 Å². The van der Waals surface area contributed by atoms with E-state index in [9.17, 15) is 5.11 Å². The number of halogens is 2. The Labute approximate surface area is 202 Å². The van der Waals surface area contributed by atoms with Crippen LogP contribution in [0.5, 0.6) is 23.0 Å². The molecular weight excluding hydrogens is 459 g/mol. The molecule has 3 aromatic carbocycles. The fourth-order valence-electron chi connectivity index (χ4n) is 3.33. The summed E-state index contributed by atoms with van der Waals surface area (Å²) in [5.74, 6) is 1.69. The molecule has 1 aromatic heterocycles. The van der Waals surface area contributed by atoms with Gasteiger partial charge in [-0.3, -0.25) is 5.10 Å². The molecule has 2 N–H and O–H groups in total. The minimum Gasteiger partial charge on any atom is -0.507 e. The van der Waals surface area contributed by atoms with Crippen molar-refractivity contribution in [3.05, 3.63) is 88.0 Å². The molecule has 0 aliphatic rings. The van der Waals surface area contributed by atoms with E-state index in [2.05, 4.69) is 31.0 Å². The van der Waals surface area contributed by atoms with Crippen molar-refractivity contribution >= 4 is 23.2 Å². The van der Waals surface area contributed by atoms with E-state index in [1.54, 1.807) is 36.5 Å². The lowest BCUT2D eigenvalue weighted by molar-refractivity contribution is 0.304. The number of hydrogen-bond acceptors (Lipinski definition) is 4. The first-order valence-corrected chi connectivity index (χ1v) is 11.2. The Kier molecular flexibility index (Phi) is 6.54. The van der Waals surface area contributed by atoms with Crippen LogP contribution in [0.3, 0.4) is 0 Å². The fraction of sp³-hybridized carbons (Fsp3) is 0.192. The van der Waals surface area contributed by atoms with Crippen LogP contribution in [-0.4, -0.2) is 15.3 Å². The van der Waals surface area contributed by atoms with Crippen LogP contribution < -0.4 is 9.47 Å². The number of nitrogens with zero attached hydrogens (tertiary/aromatic N) is 1. The molecule has 0 saturated carbocycles. The van der Waals surface area contributed by atoms with Gasteiger partial charge in [-0.05, 0) is 47.4 Å². The number of benzene rings is 3. The number of phenols is 1. The molecule has 0 aliphatic heterocycles. The van der Waals surface area contributed by atoms with Crippen molar-refractivity contribution in [1.29, 1.82) is 0 Å². The van der Waals surface area contributed by atoms with Crippen LogP contribution in [0.25, 0.3) is 11.3 Å². The third-order valence-electron chi connectivity index (χ3n) is 5.24. The van der Waals surface area contributed by atoms with E-state index >= 15 is 0 Å². The van der Waals surface area contributed by atoms with Crippen molar-refractivity contribution < 1.29 is 14.6 Å². The molecule has 0 aliphatic carbocycles. The Morgan fingerprint density at radius 1 is 0.939 bits per heavy atom. The van der Waals surface area contributed by atoms with E-state index in [0.29, 0.717) is 44.1 Å². The maximum Gasteiger partial charge on any atom is 0.173 e. The average Bonchev–Trinajstić information content (AvgIpc) is 3.21. The topological polar surface area (TPSA) is 67.4 Å². The summed E-state index contributed by atoms with van der Waals surface area (Å²) in [7, 11) is 0. The standard InChI is InChI=1S/C26H24Cl2N2O3/c1-26(2,3)16-7-9-17(10-8-16)33-24-14-29-30-25(24)19-12-11-18(13-23(19)31)32-15-20-21(27)5-4-6-22(20)28/h4-14,31H,15H2,1-3H3,(H,29,30). The minimum absolute atomic E-state index is 0.0231. The lowest BCUT2D eigenvalue weighted by Crippen LogP contribution is -2.10. The zero-order valence-corrected chi connectivity index (χ0v) is 20.0. The van der Waals surface area contributed by atoms with Crippen LogP contribution in [0.15, 0.2) is 66.9 Å². The van der Waals surface area contributed by atoms with E-state index in [1.807, 2.05) is 24.3 Å². The number of phenolic OH excluding ortho intramolecular Hbond substituents is 1. The van der Waals surface area contributed by atoms with Crippen molar-refractivity contribution in [2.24, 2.45) is 0 Å². The highest BCUT2D eigenvalue weighted by molar-refractivity contribution is 6.35. The highest BCUT2D eigenvalue weighted by Gasteiger charge is 2.17. The number of ether oxygens (including phenoxy) is 2. The third-order valence-corrected chi connectivity index (χ3v) is 5.94. The van der Waals surface area contributed by atoms with Gasteiger partial charge in [0.1, 0.15) is 29.5 Å². The monoisotopic (exact) mass is 482 g/mol. The van der Waals surface area contributed by atoms with Crippen LogP contribution >= 0.6 is 23.2 Å². The smallest absolute Gasteiger partial charge is 0.173 e. The number of H-pyrrole nitrogens is 1. The molecule has 0 saturated heterocycles. The summed E-state index contributed by atoms with van der Waals surface area (Å²) < 4.78 is 11.8. The van der Waals surface area contributed by atoms with Gasteiger partial charge in [-0.15, -0.1) is 0 Å². The summed E-state index contributed by atoms with van der Waals surface area (Å²) in [5, 5.41) is 18.7. The first kappa shape index (κ1) is 23.0. The van der Waals surface area contributed by atoms with Gasteiger partial charge in [-0.25, -0.2) is 0 Å². The molecule has 4 rings (SSSR count). The van der Waals surface area contributed by atoms with Gasteiger partial charge in [0, 0.05) is 27.2 Å². The fourth-order valence-corrected chi connectivity index (χ4v) is 3.84. The maximum absolute atomic E-state index is 10.7. The molecule has 4 aromatic rings. The third kappa shape index (κ3) is 5.27. The second-order valence-electron chi connectivity index (χ2n) is 8.65. The molecule has 33 heavy (non-hydrogen) atoms. The largest absolute Gasteiger partial charge is 0.507 e. The van der Waals surface area contributed by atoms with Gasteiger partial charge in [0.05, 0.1) is 6.20 Å². The highest BCUT2D eigenvalue weighted by atomic mass is 35.5. The molecule has 0 fully saturated rings. The Bertz CT molecular complexity index is 1240. The molecular formula is C26H24Cl2N2O3. The predicted molar refractivity (Wildman–Crippen MR) is 132 cm³/mol. The van der Waals surface area contributed by atoms with Crippen LogP contribution in [0.1, 0.15) is 31.9 Å². The molecule has 5 nitrogen and oxygen atoms in total. The summed E-state index contributed by atoms with van der Waals surface area (Å²) in [6.07, 6.45) is 1.58. The first-order valence-electron chi connectivity index (χ1n) is 10.4. The molecule has 7 heteroatoms. The average molecular weight is 483 g/mol. The molecule has 0 spiro atoms. The van der Waals surface area contributed by atoms with E-state index in [1.165, 1.54) is 11.6 Å². The van der Waals surface area contributed by atoms with Gasteiger partial charge in [-0.2, -0.15) is 5.10 Å². The van der Waals surface area contributed by atoms with Crippen LogP contribution in [-0.2, 0) is 12.0 Å². The number of nitrogens with one attached hydrogen (secondary N) is 1. The number of aromatic hydroxyl groups is 1. The Morgan fingerprint density at radius 2 is 1.61 bits per heavy atom. The quantitative estimate of drug-likeness (QED) is 0.294. The maximum atomic E-state index is 10.7. The molecule has 0 unspecified atom stereocenters. The normalized spacial score (nSPS) is 11.4. The Balaban J connectivity index is 1.51. The molecule has 0 amide bonds. The molecule has 0 bridgehead atoms. The number of rotatable bonds is 6. The molecule has 0 radical (unpaired) electrons. The minimum atomic E-state index is 0.0231. The molecule has 170 valence electrons. The zero-order chi connectivity index (χ0) is 23.6. The first-order chi connectivity index (χ1) is 15.7. The zero-order valence-electron chi connectivity index (χ0n) is 18.5. The summed E-state index contributed by atoms with van der Waals surface area (Å²) in [5.41, 5.74) is 3.07. The van der Waals surface area contributed by atoms with Crippen LogP contribution in [0.2, 0.25) is 10.0 Å². The SMILES string of the molecule is CC(C)(C)c1ccc(Oc2cn[nH]c2-c2ccc(OCc3c(Cl)cccc3Cl)cc2O)cc1. The Morgan fingerprint density at radius 3 is 2.24 bits per heavy atom. The van der Waals surface area contributed by atoms with Gasteiger partial charge in [-0.1, -0.05) is 62.2 Å². The molecule has 0 atom stereocenters. The number of hydrogen-bond donors (Lipinski definition) is 2. The van der Waals surface area contributed by atoms with Crippen molar-refractivity contribution in [2.75, 3.05) is 0 Å². The summed E-state index contributed by atoms with van der Waals surface area (Å²) in [6.45, 7) is 6.67. The van der Waals surface area contributed by atoms with E-state index in [-0.39, 0.29) is 17.8 Å². The van der Waals surface area contributed by atoms with E-state index < -0.39 is 0 Å². The van der Waals surface area contributed by atoms with Crippen molar-refractivity contribution in [2.45, 2.75) is 32.8 Å². The van der Waals surface area contributed by atoms with Gasteiger partial charge < -0.3 is 14.6 Å². The van der Waals surface area contributed by atoms with E-state index in [4.69, 9.17) is 32.7 Å². The highest BCUT2D eigenvalue weighted by Crippen LogP contribution is 2.38. The predicted octanol–water partition coefficient (Wildman–Crippen LogP) is 7.76. The summed E-state index contributed by atoms with van der Waals surface area (Å²) in [6, 6.07) is 18.2. The summed E-state index contributed by atoms with van der Waals surface area (Å²) >= 11 is 12.4. The van der Waals surface area contributed by atoms with Crippen LogP contribution in [0, 0.1) is 0 Å². The lowest BCUT2D eigenvalue weighted by atomic mass is 9.87. The second-order valence-corrected chi connectivity index (χ2v) is 9.47. The second kappa shape index (κ2) is 9.38. The van der Waals surface area contributed by atoms with Crippen LogP contribution in [0.4, 0.5) is 0 Å². The number of aromatic nitrogens is 2. The number of aromatic amines is 1. The molecule has 1 heterocycles. The Hall–Kier alpha value is -3.15. The van der Waals surface area contributed by atoms with E-state index in [0.717, 1.165) is 0 Å². The van der Waals surface area contributed by atoms with Gasteiger partial charge >= 0.3 is 0 Å². The summed E-state index contributed by atoms with van der Waals surface area (Å²) in [4.78, 5) is 0. The van der Waals surface area contributed by atoms with Gasteiger partial charge in [0.15, 0.2) is 5.75 Å². The van der Waals surface area contributed by atoms with Gasteiger partial charge in [0.2, 0.25) is 0 Å². The van der Waals surface area contributed by atoms with Gasteiger partial charge in [0.25, 0.3) is 0 Å². The van der Waals surface area contributed by atoms with Crippen molar-refractivity contribution in [3.8, 4) is 34.3 Å². The lowest BCUT2D eigenvalue weighted by Gasteiger charge is -2.19.